The van der Waals surface area contributed by atoms with Crippen LogP contribution in [0, 0.1) is 0 Å². The highest BCUT2D eigenvalue weighted by Crippen LogP contribution is 2.14. The molecule has 1 saturated heterocycles. The number of rotatable bonds is 2. The van der Waals surface area contributed by atoms with Crippen molar-refractivity contribution >= 4 is 17.2 Å². The fourth-order valence-electron chi connectivity index (χ4n) is 1.49. The molecule has 0 aromatic heterocycles. The molecule has 15 heavy (non-hydrogen) atoms. The lowest BCUT2D eigenvalue weighted by molar-refractivity contribution is 0.170. The number of thiocarbonyl (C=S) groups is 1. The SMILES string of the molecule is COc1ccc(C(=S)N2CCOC2)cc1. The zero-order chi connectivity index (χ0) is 10.7. The molecule has 1 fully saturated rings. The van der Waals surface area contributed by atoms with Gasteiger partial charge in [-0.2, -0.15) is 0 Å². The van der Waals surface area contributed by atoms with E-state index in [0.717, 1.165) is 29.5 Å². The Balaban J connectivity index is 2.11. The van der Waals surface area contributed by atoms with Crippen LogP contribution in [0.15, 0.2) is 24.3 Å². The van der Waals surface area contributed by atoms with E-state index in [9.17, 15) is 0 Å². The van der Waals surface area contributed by atoms with Crippen LogP contribution in [0.3, 0.4) is 0 Å². The van der Waals surface area contributed by atoms with Crippen molar-refractivity contribution in [3.8, 4) is 5.75 Å². The molecule has 0 amide bonds. The van der Waals surface area contributed by atoms with Crippen LogP contribution >= 0.6 is 12.2 Å². The zero-order valence-corrected chi connectivity index (χ0v) is 9.42. The Morgan fingerprint density at radius 1 is 1.40 bits per heavy atom. The summed E-state index contributed by atoms with van der Waals surface area (Å²) in [5, 5.41) is 0. The minimum absolute atomic E-state index is 0.602. The molecule has 80 valence electrons. The van der Waals surface area contributed by atoms with Crippen LogP contribution in [-0.2, 0) is 4.74 Å². The lowest BCUT2D eigenvalue weighted by Crippen LogP contribution is -2.27. The van der Waals surface area contributed by atoms with Crippen LogP contribution < -0.4 is 4.74 Å². The second-order valence-corrected chi connectivity index (χ2v) is 3.72. The van der Waals surface area contributed by atoms with Crippen molar-refractivity contribution in [1.82, 2.24) is 4.90 Å². The highest BCUT2D eigenvalue weighted by molar-refractivity contribution is 7.80. The van der Waals surface area contributed by atoms with Crippen molar-refractivity contribution in [2.24, 2.45) is 0 Å². The van der Waals surface area contributed by atoms with Crippen LogP contribution in [0.1, 0.15) is 5.56 Å². The van der Waals surface area contributed by atoms with Gasteiger partial charge in [0, 0.05) is 12.1 Å². The first-order valence-electron chi connectivity index (χ1n) is 4.82. The fraction of sp³-hybridized carbons (Fsp3) is 0.364. The molecule has 0 aliphatic carbocycles. The molecule has 0 radical (unpaired) electrons. The van der Waals surface area contributed by atoms with Gasteiger partial charge in [0.05, 0.1) is 13.7 Å². The van der Waals surface area contributed by atoms with Crippen molar-refractivity contribution < 1.29 is 9.47 Å². The Morgan fingerprint density at radius 2 is 2.13 bits per heavy atom. The summed E-state index contributed by atoms with van der Waals surface area (Å²) >= 11 is 5.36. The van der Waals surface area contributed by atoms with Crippen molar-refractivity contribution in [3.05, 3.63) is 29.8 Å². The number of nitrogens with zero attached hydrogens (tertiary/aromatic N) is 1. The van der Waals surface area contributed by atoms with E-state index in [0.29, 0.717) is 6.73 Å². The average molecular weight is 223 g/mol. The van der Waals surface area contributed by atoms with Crippen molar-refractivity contribution in [3.63, 3.8) is 0 Å². The Labute approximate surface area is 94.6 Å². The van der Waals surface area contributed by atoms with Gasteiger partial charge in [-0.1, -0.05) is 12.2 Å². The molecule has 0 spiro atoms. The Kier molecular flexibility index (Phi) is 3.18. The summed E-state index contributed by atoms with van der Waals surface area (Å²) < 4.78 is 10.4. The molecular weight excluding hydrogens is 210 g/mol. The summed E-state index contributed by atoms with van der Waals surface area (Å²) in [4.78, 5) is 2.90. The molecule has 1 heterocycles. The molecule has 1 aliphatic rings. The number of hydrogen-bond acceptors (Lipinski definition) is 3. The number of benzene rings is 1. The third-order valence-electron chi connectivity index (χ3n) is 2.38. The highest BCUT2D eigenvalue weighted by Gasteiger charge is 2.16. The predicted octanol–water partition coefficient (Wildman–Crippen LogP) is 1.66. The van der Waals surface area contributed by atoms with E-state index in [4.69, 9.17) is 21.7 Å². The summed E-state index contributed by atoms with van der Waals surface area (Å²) in [5.41, 5.74) is 1.04. The molecule has 0 atom stereocenters. The largest absolute Gasteiger partial charge is 0.497 e. The lowest BCUT2D eigenvalue weighted by atomic mass is 10.2. The van der Waals surface area contributed by atoms with Crippen molar-refractivity contribution in [2.75, 3.05) is 27.0 Å². The van der Waals surface area contributed by atoms with Crippen molar-refractivity contribution in [2.45, 2.75) is 0 Å². The van der Waals surface area contributed by atoms with Crippen LogP contribution in [-0.4, -0.2) is 36.9 Å². The molecule has 2 rings (SSSR count). The third-order valence-corrected chi connectivity index (χ3v) is 2.87. The molecule has 0 unspecified atom stereocenters. The summed E-state index contributed by atoms with van der Waals surface area (Å²) in [6.45, 7) is 2.24. The predicted molar refractivity (Wildman–Crippen MR) is 62.2 cm³/mol. The summed E-state index contributed by atoms with van der Waals surface area (Å²) in [6.07, 6.45) is 0. The van der Waals surface area contributed by atoms with Crippen LogP contribution in [0.2, 0.25) is 0 Å². The quantitative estimate of drug-likeness (QED) is 0.711. The molecule has 4 heteroatoms. The average Bonchev–Trinajstić information content (AvgIpc) is 2.82. The zero-order valence-electron chi connectivity index (χ0n) is 8.60. The second-order valence-electron chi connectivity index (χ2n) is 3.33. The monoisotopic (exact) mass is 223 g/mol. The maximum atomic E-state index is 5.36. The first kappa shape index (κ1) is 10.4. The van der Waals surface area contributed by atoms with E-state index in [1.54, 1.807) is 7.11 Å². The molecule has 0 saturated carbocycles. The smallest absolute Gasteiger partial charge is 0.119 e. The van der Waals surface area contributed by atoms with Gasteiger partial charge in [0.2, 0.25) is 0 Å². The molecule has 1 aliphatic heterocycles. The molecular formula is C11H13NO2S. The van der Waals surface area contributed by atoms with Gasteiger partial charge >= 0.3 is 0 Å². The minimum Gasteiger partial charge on any atom is -0.497 e. The van der Waals surface area contributed by atoms with Gasteiger partial charge in [0.25, 0.3) is 0 Å². The fourth-order valence-corrected chi connectivity index (χ4v) is 1.77. The standard InChI is InChI=1S/C11H13NO2S/c1-13-10-4-2-9(3-5-10)11(15)12-6-7-14-8-12/h2-5H,6-8H2,1H3. The van der Waals surface area contributed by atoms with E-state index in [1.807, 2.05) is 24.3 Å². The molecule has 1 aromatic carbocycles. The van der Waals surface area contributed by atoms with Gasteiger partial charge < -0.3 is 14.4 Å². The Morgan fingerprint density at radius 3 is 2.67 bits per heavy atom. The number of hydrogen-bond donors (Lipinski definition) is 0. The van der Waals surface area contributed by atoms with Gasteiger partial charge in [-0.15, -0.1) is 0 Å². The van der Waals surface area contributed by atoms with E-state index in [-0.39, 0.29) is 0 Å². The van der Waals surface area contributed by atoms with E-state index in [1.165, 1.54) is 0 Å². The first-order valence-corrected chi connectivity index (χ1v) is 5.23. The maximum absolute atomic E-state index is 5.36. The maximum Gasteiger partial charge on any atom is 0.119 e. The number of methoxy groups -OCH3 is 1. The van der Waals surface area contributed by atoms with E-state index < -0.39 is 0 Å². The normalized spacial score (nSPS) is 15.4. The molecule has 0 N–H and O–H groups in total. The summed E-state index contributed by atoms with van der Waals surface area (Å²) in [5.74, 6) is 0.847. The van der Waals surface area contributed by atoms with E-state index in [2.05, 4.69) is 4.90 Å². The van der Waals surface area contributed by atoms with Crippen LogP contribution in [0.5, 0.6) is 5.75 Å². The summed E-state index contributed by atoms with van der Waals surface area (Å²) in [6, 6.07) is 7.77. The van der Waals surface area contributed by atoms with Gasteiger partial charge in [-0.05, 0) is 24.3 Å². The van der Waals surface area contributed by atoms with Gasteiger partial charge in [0.1, 0.15) is 17.5 Å². The summed E-state index contributed by atoms with van der Waals surface area (Å²) in [7, 11) is 1.65. The third kappa shape index (κ3) is 2.27. The molecule has 3 nitrogen and oxygen atoms in total. The Bertz CT molecular complexity index is 344. The van der Waals surface area contributed by atoms with Gasteiger partial charge in [-0.3, -0.25) is 0 Å². The highest BCUT2D eigenvalue weighted by atomic mass is 32.1. The van der Waals surface area contributed by atoms with Crippen LogP contribution in [0.4, 0.5) is 0 Å². The minimum atomic E-state index is 0.602. The molecule has 0 bridgehead atoms. The molecule has 1 aromatic rings. The first-order chi connectivity index (χ1) is 7.31. The Hall–Kier alpha value is -1.13. The topological polar surface area (TPSA) is 21.7 Å². The second kappa shape index (κ2) is 4.59. The lowest BCUT2D eigenvalue weighted by Gasteiger charge is -2.16. The van der Waals surface area contributed by atoms with E-state index >= 15 is 0 Å². The van der Waals surface area contributed by atoms with Gasteiger partial charge in [0.15, 0.2) is 0 Å². The van der Waals surface area contributed by atoms with Crippen LogP contribution in [0.25, 0.3) is 0 Å². The van der Waals surface area contributed by atoms with Gasteiger partial charge in [-0.25, -0.2) is 0 Å². The van der Waals surface area contributed by atoms with Crippen molar-refractivity contribution in [1.29, 1.82) is 0 Å². The number of ether oxygens (including phenoxy) is 2.